The number of aromatic nitrogens is 3. The summed E-state index contributed by atoms with van der Waals surface area (Å²) in [6.07, 6.45) is 1.98. The minimum atomic E-state index is -3.92. The van der Waals surface area contributed by atoms with Gasteiger partial charge in [0, 0.05) is 4.90 Å². The number of nitrogens with zero attached hydrogens (tertiary/aromatic N) is 3. The van der Waals surface area contributed by atoms with Gasteiger partial charge in [0.25, 0.3) is 0 Å². The smallest absolute Gasteiger partial charge is 0.212 e. The first-order valence-corrected chi connectivity index (χ1v) is 12.2. The molecule has 0 saturated carbocycles. The zero-order valence-corrected chi connectivity index (χ0v) is 18.2. The maximum atomic E-state index is 13.6. The molecule has 8 heteroatoms. The number of thioether (sulfide) groups is 1. The van der Waals surface area contributed by atoms with Crippen LogP contribution >= 0.6 is 11.8 Å². The Balaban J connectivity index is 1.92. The molecule has 154 valence electrons. The molecule has 0 amide bonds. The van der Waals surface area contributed by atoms with Crippen LogP contribution in [0.5, 0.6) is 0 Å². The lowest BCUT2D eigenvalue weighted by molar-refractivity contribution is 0.597. The maximum Gasteiger partial charge on any atom is 0.212 e. The first kappa shape index (κ1) is 19.6. The molecule has 3 aromatic carbocycles. The number of para-hydroxylation sites is 2. The molecule has 5 aromatic rings. The van der Waals surface area contributed by atoms with E-state index in [2.05, 4.69) is 4.98 Å². The van der Waals surface area contributed by atoms with Crippen molar-refractivity contribution in [3.63, 3.8) is 0 Å². The number of sulfone groups is 1. The van der Waals surface area contributed by atoms with Gasteiger partial charge in [-0.2, -0.15) is 0 Å². The van der Waals surface area contributed by atoms with Crippen molar-refractivity contribution in [1.29, 1.82) is 0 Å². The van der Waals surface area contributed by atoms with E-state index in [1.54, 1.807) is 46.7 Å². The first-order chi connectivity index (χ1) is 15.0. The van der Waals surface area contributed by atoms with Gasteiger partial charge in [-0.15, -0.1) is 11.8 Å². The zero-order valence-electron chi connectivity index (χ0n) is 16.6. The number of fused-ring (bicyclic) bond motifs is 2. The number of nitrogens with two attached hydrogens (primary N) is 1. The third-order valence-electron chi connectivity index (χ3n) is 5.09. The van der Waals surface area contributed by atoms with Gasteiger partial charge in [0.15, 0.2) is 5.65 Å². The Morgan fingerprint density at radius 1 is 0.871 bits per heavy atom. The standard InChI is InChI=1S/C23H18N4O2S2/c1-30-16-9-7-8-15(14-16)27-22(24)21(31(28,29)17-10-3-2-4-11-17)20-23(27)26-19-13-6-5-12-18(19)25-20/h2-14H,24H2,1H3. The molecule has 5 rings (SSSR count). The summed E-state index contributed by atoms with van der Waals surface area (Å²) in [7, 11) is -3.92. The van der Waals surface area contributed by atoms with Crippen molar-refractivity contribution < 1.29 is 8.42 Å². The van der Waals surface area contributed by atoms with Crippen molar-refractivity contribution in [2.24, 2.45) is 0 Å². The van der Waals surface area contributed by atoms with E-state index in [0.29, 0.717) is 16.7 Å². The molecule has 2 N–H and O–H groups in total. The minimum absolute atomic E-state index is 0.0264. The Morgan fingerprint density at radius 3 is 2.26 bits per heavy atom. The highest BCUT2D eigenvalue weighted by Gasteiger charge is 2.30. The van der Waals surface area contributed by atoms with E-state index < -0.39 is 9.84 Å². The van der Waals surface area contributed by atoms with Gasteiger partial charge in [0.1, 0.15) is 16.2 Å². The second-order valence-electron chi connectivity index (χ2n) is 6.95. The highest BCUT2D eigenvalue weighted by molar-refractivity contribution is 7.98. The van der Waals surface area contributed by atoms with Crippen molar-refractivity contribution in [2.75, 3.05) is 12.0 Å². The molecule has 0 unspecified atom stereocenters. The van der Waals surface area contributed by atoms with Gasteiger partial charge in [-0.3, -0.25) is 4.57 Å². The van der Waals surface area contributed by atoms with E-state index in [-0.39, 0.29) is 21.1 Å². The SMILES string of the molecule is CSc1cccc(-n2c(N)c(S(=O)(=O)c3ccccc3)c3nc4ccccc4nc32)c1. The molecule has 0 atom stereocenters. The number of benzene rings is 3. The van der Waals surface area contributed by atoms with Gasteiger partial charge < -0.3 is 5.73 Å². The fourth-order valence-electron chi connectivity index (χ4n) is 3.63. The third kappa shape index (κ3) is 3.15. The fraction of sp³-hybridized carbons (Fsp3) is 0.0435. The molecule has 0 saturated heterocycles. The summed E-state index contributed by atoms with van der Waals surface area (Å²) in [6, 6.07) is 23.4. The fourth-order valence-corrected chi connectivity index (χ4v) is 5.59. The average molecular weight is 447 g/mol. The predicted octanol–water partition coefficient (Wildman–Crippen LogP) is 4.71. The number of anilines is 1. The second kappa shape index (κ2) is 7.40. The highest BCUT2D eigenvalue weighted by atomic mass is 32.2. The lowest BCUT2D eigenvalue weighted by Crippen LogP contribution is -2.07. The van der Waals surface area contributed by atoms with E-state index in [9.17, 15) is 8.42 Å². The largest absolute Gasteiger partial charge is 0.384 e. The van der Waals surface area contributed by atoms with Crippen LogP contribution in [0.3, 0.4) is 0 Å². The number of hydrogen-bond acceptors (Lipinski definition) is 6. The third-order valence-corrected chi connectivity index (χ3v) is 7.64. The first-order valence-electron chi connectivity index (χ1n) is 9.52. The molecular weight excluding hydrogens is 428 g/mol. The minimum Gasteiger partial charge on any atom is -0.384 e. The van der Waals surface area contributed by atoms with Crippen LogP contribution in [0, 0.1) is 0 Å². The van der Waals surface area contributed by atoms with Crippen LogP contribution in [-0.2, 0) is 9.84 Å². The van der Waals surface area contributed by atoms with E-state index in [1.807, 2.05) is 54.8 Å². The van der Waals surface area contributed by atoms with Crippen LogP contribution < -0.4 is 5.73 Å². The van der Waals surface area contributed by atoms with Gasteiger partial charge in [-0.1, -0.05) is 36.4 Å². The lowest BCUT2D eigenvalue weighted by atomic mass is 10.3. The summed E-state index contributed by atoms with van der Waals surface area (Å²) < 4.78 is 28.9. The predicted molar refractivity (Wildman–Crippen MR) is 124 cm³/mol. The summed E-state index contributed by atoms with van der Waals surface area (Å²) in [4.78, 5) is 10.6. The molecule has 0 radical (unpaired) electrons. The van der Waals surface area contributed by atoms with Crippen molar-refractivity contribution in [3.05, 3.63) is 78.9 Å². The average Bonchev–Trinajstić information content (AvgIpc) is 3.09. The Morgan fingerprint density at radius 2 is 1.55 bits per heavy atom. The Hall–Kier alpha value is -3.36. The van der Waals surface area contributed by atoms with Gasteiger partial charge in [-0.25, -0.2) is 18.4 Å². The van der Waals surface area contributed by atoms with Crippen molar-refractivity contribution in [3.8, 4) is 5.69 Å². The number of rotatable bonds is 4. The normalized spacial score (nSPS) is 11.9. The van der Waals surface area contributed by atoms with Gasteiger partial charge in [0.05, 0.1) is 21.6 Å². The monoisotopic (exact) mass is 446 g/mol. The second-order valence-corrected chi connectivity index (χ2v) is 9.72. The summed E-state index contributed by atoms with van der Waals surface area (Å²) in [5.41, 5.74) is 9.19. The molecule has 0 aliphatic carbocycles. The van der Waals surface area contributed by atoms with E-state index in [1.165, 1.54) is 0 Å². The van der Waals surface area contributed by atoms with Crippen LogP contribution in [-0.4, -0.2) is 29.2 Å². The summed E-state index contributed by atoms with van der Waals surface area (Å²) >= 11 is 1.59. The lowest BCUT2D eigenvalue weighted by Gasteiger charge is -2.09. The molecule has 6 nitrogen and oxygen atoms in total. The van der Waals surface area contributed by atoms with Crippen LogP contribution in [0.1, 0.15) is 0 Å². The van der Waals surface area contributed by atoms with Crippen LogP contribution in [0.15, 0.2) is 93.5 Å². The summed E-state index contributed by atoms with van der Waals surface area (Å²) in [6.45, 7) is 0. The summed E-state index contributed by atoms with van der Waals surface area (Å²) in [5.74, 6) is 0.0902. The van der Waals surface area contributed by atoms with Gasteiger partial charge >= 0.3 is 0 Å². The molecule has 31 heavy (non-hydrogen) atoms. The molecule has 0 fully saturated rings. The number of hydrogen-bond donors (Lipinski definition) is 1. The summed E-state index contributed by atoms with van der Waals surface area (Å²) in [5, 5.41) is 0. The zero-order chi connectivity index (χ0) is 21.6. The maximum absolute atomic E-state index is 13.6. The molecule has 0 spiro atoms. The highest BCUT2D eigenvalue weighted by Crippen LogP contribution is 2.37. The van der Waals surface area contributed by atoms with Gasteiger partial charge in [0.2, 0.25) is 9.84 Å². The Labute approximate surface area is 183 Å². The molecule has 0 aliphatic heterocycles. The van der Waals surface area contributed by atoms with E-state index >= 15 is 0 Å². The molecule has 2 aromatic heterocycles. The number of nitrogen functional groups attached to an aromatic ring is 1. The molecule has 0 aliphatic rings. The van der Waals surface area contributed by atoms with E-state index in [4.69, 9.17) is 10.7 Å². The van der Waals surface area contributed by atoms with Gasteiger partial charge in [-0.05, 0) is 48.7 Å². The van der Waals surface area contributed by atoms with Crippen LogP contribution in [0.4, 0.5) is 5.82 Å². The Bertz CT molecular complexity index is 1540. The van der Waals surface area contributed by atoms with E-state index in [0.717, 1.165) is 10.6 Å². The van der Waals surface area contributed by atoms with Crippen molar-refractivity contribution in [1.82, 2.24) is 14.5 Å². The van der Waals surface area contributed by atoms with Crippen molar-refractivity contribution in [2.45, 2.75) is 14.7 Å². The van der Waals surface area contributed by atoms with Crippen LogP contribution in [0.25, 0.3) is 27.9 Å². The molecule has 2 heterocycles. The quantitative estimate of drug-likeness (QED) is 0.402. The topological polar surface area (TPSA) is 90.9 Å². The van der Waals surface area contributed by atoms with Crippen molar-refractivity contribution >= 4 is 49.6 Å². The molecule has 0 bridgehead atoms. The molecular formula is C23H18N4O2S2. The van der Waals surface area contributed by atoms with Crippen LogP contribution in [0.2, 0.25) is 0 Å². The Kier molecular flexibility index (Phi) is 4.68.